The number of ether oxygens (including phenoxy) is 1. The van der Waals surface area contributed by atoms with Crippen molar-refractivity contribution in [3.63, 3.8) is 0 Å². The summed E-state index contributed by atoms with van der Waals surface area (Å²) in [6, 6.07) is 13.9. The fourth-order valence-corrected chi connectivity index (χ4v) is 3.25. The predicted molar refractivity (Wildman–Crippen MR) is 105 cm³/mol. The molecule has 0 spiro atoms. The molecule has 1 aromatic carbocycles. The van der Waals surface area contributed by atoms with Crippen LogP contribution in [0.1, 0.15) is 25.3 Å². The van der Waals surface area contributed by atoms with Gasteiger partial charge in [0.15, 0.2) is 11.0 Å². The summed E-state index contributed by atoms with van der Waals surface area (Å²) in [5, 5.41) is 9.35. The number of rotatable bonds is 9. The van der Waals surface area contributed by atoms with Crippen molar-refractivity contribution in [1.29, 1.82) is 0 Å². The first kappa shape index (κ1) is 19.1. The van der Waals surface area contributed by atoms with Crippen LogP contribution in [-0.4, -0.2) is 38.1 Å². The zero-order chi connectivity index (χ0) is 18.9. The zero-order valence-corrected chi connectivity index (χ0v) is 16.1. The van der Waals surface area contributed by atoms with Crippen LogP contribution in [0, 0.1) is 0 Å². The quantitative estimate of drug-likeness (QED) is 0.318. The molecule has 0 aliphatic rings. The zero-order valence-electron chi connectivity index (χ0n) is 15.2. The lowest BCUT2D eigenvalue weighted by Crippen LogP contribution is -2.10. The Kier molecular flexibility index (Phi) is 6.98. The summed E-state index contributed by atoms with van der Waals surface area (Å²) >= 11 is 1.35. The first-order valence-corrected chi connectivity index (χ1v) is 9.92. The minimum atomic E-state index is -0.229. The number of unbranched alkanes of at least 4 members (excludes halogenated alkanes) is 1. The smallest absolute Gasteiger partial charge is 0.316 e. The van der Waals surface area contributed by atoms with Crippen LogP contribution in [0.2, 0.25) is 0 Å². The highest BCUT2D eigenvalue weighted by atomic mass is 32.2. The van der Waals surface area contributed by atoms with Gasteiger partial charge in [0.1, 0.15) is 0 Å². The predicted octanol–water partition coefficient (Wildman–Crippen LogP) is 3.82. The molecule has 0 unspecified atom stereocenters. The number of thioether (sulfide) groups is 1. The van der Waals surface area contributed by atoms with Crippen molar-refractivity contribution in [3.8, 4) is 11.4 Å². The van der Waals surface area contributed by atoms with Crippen LogP contribution < -0.4 is 0 Å². The molecule has 3 aromatic rings. The first-order valence-electron chi connectivity index (χ1n) is 8.94. The van der Waals surface area contributed by atoms with Gasteiger partial charge >= 0.3 is 5.97 Å². The van der Waals surface area contributed by atoms with Crippen molar-refractivity contribution in [2.75, 3.05) is 12.4 Å². The molecular weight excluding hydrogens is 360 g/mol. The Morgan fingerprint density at radius 2 is 1.89 bits per heavy atom. The van der Waals surface area contributed by atoms with Crippen molar-refractivity contribution in [3.05, 3.63) is 60.4 Å². The van der Waals surface area contributed by atoms with Crippen molar-refractivity contribution in [2.24, 2.45) is 0 Å². The van der Waals surface area contributed by atoms with Crippen molar-refractivity contribution >= 4 is 17.7 Å². The minimum Gasteiger partial charge on any atom is -0.465 e. The molecule has 0 saturated heterocycles. The van der Waals surface area contributed by atoms with Gasteiger partial charge in [0.2, 0.25) is 0 Å². The van der Waals surface area contributed by atoms with Gasteiger partial charge in [-0.15, -0.1) is 10.2 Å². The highest BCUT2D eigenvalue weighted by Crippen LogP contribution is 2.25. The van der Waals surface area contributed by atoms with Gasteiger partial charge in [0.25, 0.3) is 0 Å². The summed E-state index contributed by atoms with van der Waals surface area (Å²) in [6.45, 7) is 3.16. The van der Waals surface area contributed by atoms with Crippen LogP contribution in [-0.2, 0) is 16.1 Å². The average molecular weight is 382 g/mol. The van der Waals surface area contributed by atoms with Gasteiger partial charge in [0.05, 0.1) is 18.9 Å². The molecule has 6 nitrogen and oxygen atoms in total. The molecule has 7 heteroatoms. The number of nitrogens with zero attached hydrogens (tertiary/aromatic N) is 4. The van der Waals surface area contributed by atoms with Crippen molar-refractivity contribution < 1.29 is 9.53 Å². The number of aromatic nitrogens is 4. The van der Waals surface area contributed by atoms with Crippen LogP contribution >= 0.6 is 11.8 Å². The normalized spacial score (nSPS) is 10.7. The van der Waals surface area contributed by atoms with Gasteiger partial charge < -0.3 is 4.74 Å². The lowest BCUT2D eigenvalue weighted by Gasteiger charge is -2.10. The number of hydrogen-bond donors (Lipinski definition) is 0. The lowest BCUT2D eigenvalue weighted by atomic mass is 10.2. The summed E-state index contributed by atoms with van der Waals surface area (Å²) in [4.78, 5) is 16.0. The molecule has 140 valence electrons. The number of carbonyl (C=O) groups is 1. The molecule has 2 heterocycles. The van der Waals surface area contributed by atoms with Crippen LogP contribution in [0.5, 0.6) is 0 Å². The maximum absolute atomic E-state index is 11.9. The van der Waals surface area contributed by atoms with E-state index >= 15 is 0 Å². The molecule has 3 rings (SSSR count). The van der Waals surface area contributed by atoms with E-state index in [9.17, 15) is 4.79 Å². The van der Waals surface area contributed by atoms with E-state index in [1.807, 2.05) is 34.9 Å². The third kappa shape index (κ3) is 5.40. The van der Waals surface area contributed by atoms with Crippen LogP contribution in [0.4, 0.5) is 0 Å². The summed E-state index contributed by atoms with van der Waals surface area (Å²) in [5.74, 6) is 0.740. The Morgan fingerprint density at radius 3 is 2.63 bits per heavy atom. The topological polar surface area (TPSA) is 69.9 Å². The SMILES string of the molecule is CCCCOC(=O)CSc1nnc(-c2ccncc2)n1Cc1ccccc1. The fraction of sp³-hybridized carbons (Fsp3) is 0.300. The van der Waals surface area contributed by atoms with Gasteiger partial charge in [0, 0.05) is 18.0 Å². The van der Waals surface area contributed by atoms with Crippen molar-refractivity contribution in [1.82, 2.24) is 19.7 Å². The Balaban J connectivity index is 1.79. The van der Waals surface area contributed by atoms with E-state index < -0.39 is 0 Å². The van der Waals surface area contributed by atoms with E-state index in [1.54, 1.807) is 12.4 Å². The Morgan fingerprint density at radius 1 is 1.11 bits per heavy atom. The molecule has 0 radical (unpaired) electrons. The number of carbonyl (C=O) groups excluding carboxylic acids is 1. The lowest BCUT2D eigenvalue weighted by molar-refractivity contribution is -0.140. The number of hydrogen-bond acceptors (Lipinski definition) is 6. The highest BCUT2D eigenvalue weighted by molar-refractivity contribution is 7.99. The number of esters is 1. The van der Waals surface area contributed by atoms with Gasteiger partial charge in [-0.2, -0.15) is 0 Å². The van der Waals surface area contributed by atoms with Gasteiger partial charge in [-0.3, -0.25) is 14.3 Å². The maximum Gasteiger partial charge on any atom is 0.316 e. The van der Waals surface area contributed by atoms with Crippen LogP contribution in [0.3, 0.4) is 0 Å². The van der Waals surface area contributed by atoms with E-state index in [0.717, 1.165) is 29.8 Å². The second-order valence-corrected chi connectivity index (χ2v) is 6.92. The van der Waals surface area contributed by atoms with Gasteiger partial charge in [-0.1, -0.05) is 55.4 Å². The summed E-state index contributed by atoms with van der Waals surface area (Å²) in [5.41, 5.74) is 2.07. The van der Waals surface area contributed by atoms with E-state index in [2.05, 4.69) is 34.2 Å². The second kappa shape index (κ2) is 9.87. The van der Waals surface area contributed by atoms with Crippen LogP contribution in [0.25, 0.3) is 11.4 Å². The van der Waals surface area contributed by atoms with E-state index in [-0.39, 0.29) is 11.7 Å². The van der Waals surface area contributed by atoms with Crippen molar-refractivity contribution in [2.45, 2.75) is 31.5 Å². The summed E-state index contributed by atoms with van der Waals surface area (Å²) in [7, 11) is 0. The second-order valence-electron chi connectivity index (χ2n) is 5.98. The van der Waals surface area contributed by atoms with Crippen LogP contribution in [0.15, 0.2) is 60.0 Å². The number of benzene rings is 1. The Bertz CT molecular complexity index is 853. The summed E-state index contributed by atoms with van der Waals surface area (Å²) in [6.07, 6.45) is 5.34. The molecule has 2 aromatic heterocycles. The molecule has 0 aliphatic carbocycles. The molecule has 0 aliphatic heterocycles. The van der Waals surface area contributed by atoms with Gasteiger partial charge in [-0.05, 0) is 24.1 Å². The standard InChI is InChI=1S/C20H22N4O2S/c1-2-3-13-26-18(25)15-27-20-23-22-19(17-9-11-21-12-10-17)24(20)14-16-7-5-4-6-8-16/h4-12H,2-3,13-15H2,1H3. The highest BCUT2D eigenvalue weighted by Gasteiger charge is 2.16. The number of pyridine rings is 1. The minimum absolute atomic E-state index is 0.215. The van der Waals surface area contributed by atoms with E-state index in [1.165, 1.54) is 11.8 Å². The fourth-order valence-electron chi connectivity index (χ4n) is 2.51. The van der Waals surface area contributed by atoms with Gasteiger partial charge in [-0.25, -0.2) is 0 Å². The molecular formula is C20H22N4O2S. The average Bonchev–Trinajstić information content (AvgIpc) is 3.10. The molecule has 0 N–H and O–H groups in total. The monoisotopic (exact) mass is 382 g/mol. The first-order chi connectivity index (χ1) is 13.3. The molecule has 0 atom stereocenters. The van der Waals surface area contributed by atoms with E-state index in [4.69, 9.17) is 4.74 Å². The maximum atomic E-state index is 11.9. The largest absolute Gasteiger partial charge is 0.465 e. The molecule has 0 amide bonds. The van der Waals surface area contributed by atoms with E-state index in [0.29, 0.717) is 18.3 Å². The molecule has 0 saturated carbocycles. The molecule has 0 fully saturated rings. The Labute approximate surface area is 163 Å². The third-order valence-corrected chi connectivity index (χ3v) is 4.86. The summed E-state index contributed by atoms with van der Waals surface area (Å²) < 4.78 is 7.25. The molecule has 0 bridgehead atoms. The third-order valence-electron chi connectivity index (χ3n) is 3.92. The Hall–Kier alpha value is -2.67. The molecule has 27 heavy (non-hydrogen) atoms.